The lowest BCUT2D eigenvalue weighted by atomic mass is 10.3. The Kier molecular flexibility index (Phi) is 4.18. The number of carboxylic acid groups (broad SMARTS) is 1. The van der Waals surface area contributed by atoms with Crippen LogP contribution in [0.4, 0.5) is 0 Å². The number of aromatic nitrogens is 1. The summed E-state index contributed by atoms with van der Waals surface area (Å²) in [5.41, 5.74) is -0.0499. The summed E-state index contributed by atoms with van der Waals surface area (Å²) in [6, 6.07) is 1.04. The Hall–Kier alpha value is -1.34. The first kappa shape index (κ1) is 14.7. The molecule has 6 nitrogen and oxygen atoms in total. The molecule has 0 bridgehead atoms. The van der Waals surface area contributed by atoms with Crippen molar-refractivity contribution in [3.63, 3.8) is 0 Å². The predicted molar refractivity (Wildman–Crippen MR) is 67.1 cm³/mol. The van der Waals surface area contributed by atoms with Crippen molar-refractivity contribution in [1.82, 2.24) is 8.87 Å². The Morgan fingerprint density at radius 2 is 2.11 bits per heavy atom. The van der Waals surface area contributed by atoms with Crippen molar-refractivity contribution in [1.29, 1.82) is 0 Å². The molecule has 1 atom stereocenters. The molecule has 1 heterocycles. The zero-order valence-electron chi connectivity index (χ0n) is 10.9. The molecule has 7 heteroatoms. The summed E-state index contributed by atoms with van der Waals surface area (Å²) in [5.74, 6) is -1.15. The normalized spacial score (nSPS) is 13.8. The van der Waals surface area contributed by atoms with Gasteiger partial charge in [-0.25, -0.2) is 13.2 Å². The minimum absolute atomic E-state index is 0.00481. The summed E-state index contributed by atoms with van der Waals surface area (Å²) in [4.78, 5) is 10.9. The van der Waals surface area contributed by atoms with Gasteiger partial charge in [0.2, 0.25) is 10.0 Å². The van der Waals surface area contributed by atoms with E-state index in [9.17, 15) is 13.2 Å². The summed E-state index contributed by atoms with van der Waals surface area (Å²) in [5, 5.41) is 8.91. The van der Waals surface area contributed by atoms with E-state index in [1.807, 2.05) is 6.92 Å². The average molecular weight is 274 g/mol. The highest BCUT2D eigenvalue weighted by atomic mass is 32.2. The predicted octanol–water partition coefficient (Wildman–Crippen LogP) is 1.14. The van der Waals surface area contributed by atoms with E-state index in [1.165, 1.54) is 35.2 Å². The maximum Gasteiger partial charge on any atom is 0.352 e. The molecule has 1 aromatic heterocycles. The van der Waals surface area contributed by atoms with Crippen LogP contribution in [0.5, 0.6) is 0 Å². The lowest BCUT2D eigenvalue weighted by molar-refractivity contribution is 0.0686. The minimum Gasteiger partial charge on any atom is -0.477 e. The SMILES string of the molecule is CCC(C)N(C)S(=O)(=O)c1cc(C(=O)O)n(C)c1. The van der Waals surface area contributed by atoms with Crippen LogP contribution in [0.3, 0.4) is 0 Å². The second-order valence-electron chi connectivity index (χ2n) is 4.26. The van der Waals surface area contributed by atoms with Gasteiger partial charge in [0.15, 0.2) is 0 Å². The number of rotatable bonds is 5. The second-order valence-corrected chi connectivity index (χ2v) is 6.25. The number of carboxylic acids is 1. The van der Waals surface area contributed by atoms with Crippen LogP contribution in [-0.4, -0.2) is 41.5 Å². The van der Waals surface area contributed by atoms with Crippen molar-refractivity contribution in [3.05, 3.63) is 18.0 Å². The topological polar surface area (TPSA) is 79.6 Å². The van der Waals surface area contributed by atoms with Crippen molar-refractivity contribution in [3.8, 4) is 0 Å². The fourth-order valence-corrected chi connectivity index (χ4v) is 3.06. The molecule has 1 rings (SSSR count). The van der Waals surface area contributed by atoms with E-state index in [0.29, 0.717) is 6.42 Å². The van der Waals surface area contributed by atoms with Crippen LogP contribution in [0.1, 0.15) is 30.8 Å². The number of carbonyl (C=O) groups is 1. The molecule has 0 saturated heterocycles. The molecule has 0 aliphatic rings. The molecule has 102 valence electrons. The molecule has 0 saturated carbocycles. The Bertz CT molecular complexity index is 547. The molecular weight excluding hydrogens is 256 g/mol. The van der Waals surface area contributed by atoms with E-state index in [0.717, 1.165) is 0 Å². The smallest absolute Gasteiger partial charge is 0.352 e. The van der Waals surface area contributed by atoms with Gasteiger partial charge in [0.25, 0.3) is 0 Å². The molecule has 0 fully saturated rings. The van der Waals surface area contributed by atoms with Gasteiger partial charge >= 0.3 is 5.97 Å². The third kappa shape index (κ3) is 2.56. The zero-order chi connectivity index (χ0) is 14.1. The van der Waals surface area contributed by atoms with Crippen molar-refractivity contribution in [2.45, 2.75) is 31.2 Å². The number of aryl methyl sites for hydroxylation is 1. The van der Waals surface area contributed by atoms with Crippen molar-refractivity contribution >= 4 is 16.0 Å². The quantitative estimate of drug-likeness (QED) is 0.873. The fourth-order valence-electron chi connectivity index (χ4n) is 1.55. The number of nitrogens with zero attached hydrogens (tertiary/aromatic N) is 2. The molecule has 0 spiro atoms. The van der Waals surface area contributed by atoms with E-state index in [2.05, 4.69) is 0 Å². The van der Waals surface area contributed by atoms with Crippen LogP contribution in [0.2, 0.25) is 0 Å². The molecule has 0 aliphatic heterocycles. The largest absolute Gasteiger partial charge is 0.477 e. The summed E-state index contributed by atoms with van der Waals surface area (Å²) in [6.07, 6.45) is 2.01. The summed E-state index contributed by atoms with van der Waals surface area (Å²) < 4.78 is 27.0. The van der Waals surface area contributed by atoms with Gasteiger partial charge in [-0.15, -0.1) is 0 Å². The molecular formula is C11H18N2O4S. The van der Waals surface area contributed by atoms with Gasteiger partial charge in [0, 0.05) is 26.3 Å². The monoisotopic (exact) mass is 274 g/mol. The van der Waals surface area contributed by atoms with Gasteiger partial charge in [-0.3, -0.25) is 0 Å². The minimum atomic E-state index is -3.64. The van der Waals surface area contributed by atoms with Gasteiger partial charge in [-0.2, -0.15) is 4.31 Å². The highest BCUT2D eigenvalue weighted by molar-refractivity contribution is 7.89. The lowest BCUT2D eigenvalue weighted by Gasteiger charge is -2.22. The second kappa shape index (κ2) is 5.11. The third-order valence-corrected chi connectivity index (χ3v) is 5.02. The van der Waals surface area contributed by atoms with E-state index < -0.39 is 16.0 Å². The number of hydrogen-bond donors (Lipinski definition) is 1. The molecule has 1 N–H and O–H groups in total. The van der Waals surface area contributed by atoms with Crippen LogP contribution in [0, 0.1) is 0 Å². The highest BCUT2D eigenvalue weighted by Crippen LogP contribution is 2.20. The van der Waals surface area contributed by atoms with Gasteiger partial charge in [0.05, 0.1) is 0 Å². The van der Waals surface area contributed by atoms with Crippen molar-refractivity contribution in [2.75, 3.05) is 7.05 Å². The van der Waals surface area contributed by atoms with Crippen LogP contribution in [-0.2, 0) is 17.1 Å². The third-order valence-electron chi connectivity index (χ3n) is 3.09. The molecule has 1 aromatic rings. The maximum absolute atomic E-state index is 12.2. The Balaban J connectivity index is 3.21. The maximum atomic E-state index is 12.2. The molecule has 1 unspecified atom stereocenters. The van der Waals surface area contributed by atoms with E-state index in [4.69, 9.17) is 5.11 Å². The van der Waals surface area contributed by atoms with Gasteiger partial charge in [-0.05, 0) is 19.4 Å². The molecule has 0 aromatic carbocycles. The van der Waals surface area contributed by atoms with Crippen molar-refractivity contribution in [2.24, 2.45) is 7.05 Å². The Morgan fingerprint density at radius 3 is 2.50 bits per heavy atom. The van der Waals surface area contributed by atoms with Crippen LogP contribution < -0.4 is 0 Å². The molecule has 0 radical (unpaired) electrons. The van der Waals surface area contributed by atoms with Crippen LogP contribution in [0.15, 0.2) is 17.2 Å². The molecule has 0 aliphatic carbocycles. The van der Waals surface area contributed by atoms with Gasteiger partial charge in [-0.1, -0.05) is 6.92 Å². The summed E-state index contributed by atoms with van der Waals surface area (Å²) >= 11 is 0. The van der Waals surface area contributed by atoms with Crippen LogP contribution in [0.25, 0.3) is 0 Å². The zero-order valence-corrected chi connectivity index (χ0v) is 11.7. The number of sulfonamides is 1. The Labute approximate surface area is 107 Å². The summed E-state index contributed by atoms with van der Waals surface area (Å²) in [6.45, 7) is 3.70. The first-order chi connectivity index (χ1) is 8.21. The molecule has 0 amide bonds. The number of aromatic carboxylic acids is 1. The van der Waals surface area contributed by atoms with E-state index >= 15 is 0 Å². The standard InChI is InChI=1S/C11H18N2O4S/c1-5-8(2)13(4)18(16,17)9-6-10(11(14)15)12(3)7-9/h6-8H,5H2,1-4H3,(H,14,15). The number of hydrogen-bond acceptors (Lipinski definition) is 3. The van der Waals surface area contributed by atoms with Gasteiger partial charge in [0.1, 0.15) is 10.6 Å². The first-order valence-corrected chi connectivity index (χ1v) is 7.03. The fraction of sp³-hybridized carbons (Fsp3) is 0.545. The van der Waals surface area contributed by atoms with Gasteiger partial charge < -0.3 is 9.67 Å². The first-order valence-electron chi connectivity index (χ1n) is 5.59. The van der Waals surface area contributed by atoms with Crippen LogP contribution >= 0.6 is 0 Å². The van der Waals surface area contributed by atoms with Crippen molar-refractivity contribution < 1.29 is 18.3 Å². The average Bonchev–Trinajstić information content (AvgIpc) is 2.70. The summed E-state index contributed by atoms with van der Waals surface area (Å²) in [7, 11) is -0.634. The van der Waals surface area contributed by atoms with E-state index in [1.54, 1.807) is 6.92 Å². The van der Waals surface area contributed by atoms with E-state index in [-0.39, 0.29) is 16.6 Å². The highest BCUT2D eigenvalue weighted by Gasteiger charge is 2.27. The Morgan fingerprint density at radius 1 is 1.56 bits per heavy atom. The lowest BCUT2D eigenvalue weighted by Crippen LogP contribution is -2.34. The molecule has 18 heavy (non-hydrogen) atoms.